The minimum Gasteiger partial charge on any atom is -0.400 e. The van der Waals surface area contributed by atoms with Gasteiger partial charge in [-0.2, -0.15) is 5.26 Å². The first kappa shape index (κ1) is 14.0. The second-order valence-corrected chi connectivity index (χ2v) is 3.06. The molecule has 0 saturated heterocycles. The fourth-order valence-corrected chi connectivity index (χ4v) is 1.22. The van der Waals surface area contributed by atoms with Crippen LogP contribution >= 0.6 is 0 Å². The summed E-state index contributed by atoms with van der Waals surface area (Å²) in [7, 11) is 0. The molecule has 0 radical (unpaired) electrons. The van der Waals surface area contributed by atoms with Gasteiger partial charge in [0.1, 0.15) is 0 Å². The second kappa shape index (κ2) is 5.03. The van der Waals surface area contributed by atoms with E-state index in [0.29, 0.717) is 6.20 Å². The number of nitrogens with one attached hydrogen (secondary N) is 1. The lowest BCUT2D eigenvalue weighted by molar-refractivity contribution is -0.275. The first-order valence-corrected chi connectivity index (χ1v) is 4.41. The summed E-state index contributed by atoms with van der Waals surface area (Å²) in [6.07, 6.45) is -8.53. The topological polar surface area (TPSA) is 65.9 Å². The number of H-pyrrole nitrogens is 1. The van der Waals surface area contributed by atoms with Crippen molar-refractivity contribution in [1.29, 1.82) is 5.26 Å². The average Bonchev–Trinajstić information content (AvgIpc) is 2.20. The largest absolute Gasteiger partial charge is 0.573 e. The Morgan fingerprint density at radius 2 is 2.06 bits per heavy atom. The van der Waals surface area contributed by atoms with Crippen molar-refractivity contribution < 1.29 is 26.7 Å². The third-order valence-electron chi connectivity index (χ3n) is 1.87. The van der Waals surface area contributed by atoms with Gasteiger partial charge < -0.3 is 9.72 Å². The second-order valence-electron chi connectivity index (χ2n) is 3.06. The zero-order valence-corrected chi connectivity index (χ0v) is 8.52. The molecule has 0 amide bonds. The number of hydrogen-bond acceptors (Lipinski definition) is 3. The number of rotatable bonds is 3. The summed E-state index contributed by atoms with van der Waals surface area (Å²) in [6, 6.07) is 1.51. The number of aromatic amines is 1. The molecule has 0 bridgehead atoms. The zero-order valence-electron chi connectivity index (χ0n) is 8.52. The molecule has 1 aromatic heterocycles. The fraction of sp³-hybridized carbons (Fsp3) is 0.333. The highest BCUT2D eigenvalue weighted by molar-refractivity contribution is 5.32. The van der Waals surface area contributed by atoms with Crippen molar-refractivity contribution in [3.8, 4) is 11.8 Å². The quantitative estimate of drug-likeness (QED) is 0.855. The molecule has 0 unspecified atom stereocenters. The number of nitriles is 1. The van der Waals surface area contributed by atoms with Gasteiger partial charge in [-0.15, -0.1) is 13.2 Å². The van der Waals surface area contributed by atoms with Crippen molar-refractivity contribution in [2.45, 2.75) is 19.2 Å². The summed E-state index contributed by atoms with van der Waals surface area (Å²) in [5, 5.41) is 8.34. The van der Waals surface area contributed by atoms with Crippen LogP contribution < -0.4 is 10.2 Å². The Balaban J connectivity index is 3.32. The van der Waals surface area contributed by atoms with Crippen molar-refractivity contribution in [1.82, 2.24) is 4.98 Å². The normalized spacial score (nSPS) is 11.4. The van der Waals surface area contributed by atoms with E-state index in [9.17, 15) is 26.7 Å². The van der Waals surface area contributed by atoms with Crippen LogP contribution in [0.4, 0.5) is 22.0 Å². The van der Waals surface area contributed by atoms with Crippen LogP contribution in [0.15, 0.2) is 11.0 Å². The Hall–Kier alpha value is -2.11. The van der Waals surface area contributed by atoms with E-state index >= 15 is 0 Å². The van der Waals surface area contributed by atoms with Gasteiger partial charge in [-0.25, -0.2) is 8.78 Å². The van der Waals surface area contributed by atoms with Gasteiger partial charge in [0.25, 0.3) is 6.43 Å². The molecule has 4 nitrogen and oxygen atoms in total. The molecule has 18 heavy (non-hydrogen) atoms. The lowest BCUT2D eigenvalue weighted by atomic mass is 10.1. The van der Waals surface area contributed by atoms with Crippen molar-refractivity contribution in [3.63, 3.8) is 0 Å². The Morgan fingerprint density at radius 3 is 2.50 bits per heavy atom. The van der Waals surface area contributed by atoms with Crippen molar-refractivity contribution in [2.75, 3.05) is 0 Å². The molecule has 0 fully saturated rings. The summed E-state index contributed by atoms with van der Waals surface area (Å²) in [5.74, 6) is -1.29. The van der Waals surface area contributed by atoms with Gasteiger partial charge in [0, 0.05) is 11.9 Å². The average molecular weight is 268 g/mol. The summed E-state index contributed by atoms with van der Waals surface area (Å²) in [5.41, 5.74) is -3.23. The summed E-state index contributed by atoms with van der Waals surface area (Å²) in [4.78, 5) is 13.4. The van der Waals surface area contributed by atoms with E-state index in [0.717, 1.165) is 0 Å². The van der Waals surface area contributed by atoms with Gasteiger partial charge in [0.2, 0.25) is 5.43 Å². The van der Waals surface area contributed by atoms with Crippen molar-refractivity contribution >= 4 is 0 Å². The molecule has 0 aliphatic carbocycles. The van der Waals surface area contributed by atoms with E-state index in [-0.39, 0.29) is 0 Å². The molecule has 0 aliphatic heterocycles. The maximum atomic E-state index is 12.6. The zero-order chi connectivity index (χ0) is 13.9. The highest BCUT2D eigenvalue weighted by Gasteiger charge is 2.33. The summed E-state index contributed by atoms with van der Waals surface area (Å²) in [6.45, 7) is 0. The SMILES string of the molecule is N#CCc1[nH]cc(OC(F)(F)F)c(=O)c1C(F)F. The highest BCUT2D eigenvalue weighted by atomic mass is 19.4. The molecule has 1 rings (SSSR count). The van der Waals surface area contributed by atoms with Gasteiger partial charge >= 0.3 is 6.36 Å². The molecule has 0 spiro atoms. The molecular formula is C9H5F5N2O2. The predicted octanol–water partition coefficient (Wildman–Crippen LogP) is 2.28. The van der Waals surface area contributed by atoms with Crippen molar-refractivity contribution in [2.24, 2.45) is 0 Å². The number of halogens is 5. The van der Waals surface area contributed by atoms with Crippen LogP contribution in [0.25, 0.3) is 0 Å². The summed E-state index contributed by atoms with van der Waals surface area (Å²) < 4.78 is 64.1. The molecule has 0 aliphatic rings. The van der Waals surface area contributed by atoms with E-state index in [1.807, 2.05) is 4.98 Å². The molecule has 1 N–H and O–H groups in total. The fourth-order valence-electron chi connectivity index (χ4n) is 1.22. The Bertz CT molecular complexity index is 529. The van der Waals surface area contributed by atoms with E-state index in [1.165, 1.54) is 6.07 Å². The maximum absolute atomic E-state index is 12.6. The van der Waals surface area contributed by atoms with Crippen LogP contribution in [0.3, 0.4) is 0 Å². The molecule has 0 aromatic carbocycles. The highest BCUT2D eigenvalue weighted by Crippen LogP contribution is 2.24. The Kier molecular flexibility index (Phi) is 3.90. The molecular weight excluding hydrogens is 263 g/mol. The molecule has 0 atom stereocenters. The minimum atomic E-state index is -5.16. The van der Waals surface area contributed by atoms with E-state index < -0.39 is 41.6 Å². The van der Waals surface area contributed by atoms with Gasteiger partial charge in [0.15, 0.2) is 5.75 Å². The monoisotopic (exact) mass is 268 g/mol. The van der Waals surface area contributed by atoms with E-state index in [2.05, 4.69) is 4.74 Å². The first-order chi connectivity index (χ1) is 8.26. The smallest absolute Gasteiger partial charge is 0.400 e. The first-order valence-electron chi connectivity index (χ1n) is 4.41. The van der Waals surface area contributed by atoms with Crippen LogP contribution in [0, 0.1) is 11.3 Å². The van der Waals surface area contributed by atoms with Gasteiger partial charge in [-0.1, -0.05) is 0 Å². The molecule has 1 aromatic rings. The summed E-state index contributed by atoms with van der Waals surface area (Å²) >= 11 is 0. The number of nitrogens with zero attached hydrogens (tertiary/aromatic N) is 1. The minimum absolute atomic E-state index is 0.438. The molecule has 1 heterocycles. The third-order valence-corrected chi connectivity index (χ3v) is 1.87. The maximum Gasteiger partial charge on any atom is 0.573 e. The number of hydrogen-bond donors (Lipinski definition) is 1. The third kappa shape index (κ3) is 3.19. The Morgan fingerprint density at radius 1 is 1.44 bits per heavy atom. The lowest BCUT2D eigenvalue weighted by Gasteiger charge is -2.11. The van der Waals surface area contributed by atoms with Crippen LogP contribution in [0.5, 0.6) is 5.75 Å². The van der Waals surface area contributed by atoms with E-state index in [4.69, 9.17) is 5.26 Å². The standard InChI is InChI=1S/C9H5F5N2O2/c10-8(11)6-4(1-2-15)16-3-5(7(6)17)18-9(12,13)14/h3,8H,1H2,(H,16,17). The van der Waals surface area contributed by atoms with E-state index in [1.54, 1.807) is 0 Å². The van der Waals surface area contributed by atoms with Crippen LogP contribution in [0.2, 0.25) is 0 Å². The predicted molar refractivity (Wildman–Crippen MR) is 48.0 cm³/mol. The van der Waals surface area contributed by atoms with Gasteiger partial charge in [-0.3, -0.25) is 4.79 Å². The van der Waals surface area contributed by atoms with Gasteiger partial charge in [-0.05, 0) is 0 Å². The molecule has 0 saturated carbocycles. The van der Waals surface area contributed by atoms with Crippen LogP contribution in [0.1, 0.15) is 17.7 Å². The number of alkyl halides is 5. The number of pyridine rings is 1. The molecule has 9 heteroatoms. The number of aromatic nitrogens is 1. The Labute approximate surface area is 96.6 Å². The van der Waals surface area contributed by atoms with Gasteiger partial charge in [0.05, 0.1) is 18.1 Å². The van der Waals surface area contributed by atoms with Crippen molar-refractivity contribution in [3.05, 3.63) is 27.7 Å². The van der Waals surface area contributed by atoms with Crippen LogP contribution in [-0.2, 0) is 6.42 Å². The lowest BCUT2D eigenvalue weighted by Crippen LogP contribution is -2.24. The van der Waals surface area contributed by atoms with Crippen LogP contribution in [-0.4, -0.2) is 11.3 Å². The number of ether oxygens (including phenoxy) is 1. The molecule has 98 valence electrons.